The summed E-state index contributed by atoms with van der Waals surface area (Å²) < 4.78 is 7.86. The number of ether oxygens (including phenoxy) is 1. The number of amides is 1. The van der Waals surface area contributed by atoms with E-state index in [0.717, 1.165) is 80.3 Å². The number of benzene rings is 1. The SMILES string of the molecule is CCCCCNc1nc(N)nc2ccn(Cc3ccc(CN4CCN(C(=O)CCC(C)(C)S)CC4)cc3OC)c12. The lowest BCUT2D eigenvalue weighted by molar-refractivity contribution is -0.133. The third kappa shape index (κ3) is 8.04. The van der Waals surface area contributed by atoms with Crippen LogP contribution in [0.3, 0.4) is 0 Å². The van der Waals surface area contributed by atoms with Crippen LogP contribution in [0.15, 0.2) is 30.5 Å². The van der Waals surface area contributed by atoms with Crippen molar-refractivity contribution in [3.8, 4) is 5.75 Å². The van der Waals surface area contributed by atoms with E-state index >= 15 is 0 Å². The molecule has 0 unspecified atom stereocenters. The number of nitrogens with zero attached hydrogens (tertiary/aromatic N) is 5. The predicted molar refractivity (Wildman–Crippen MR) is 166 cm³/mol. The van der Waals surface area contributed by atoms with E-state index in [9.17, 15) is 4.79 Å². The average Bonchev–Trinajstić information content (AvgIpc) is 3.32. The molecule has 10 heteroatoms. The number of carbonyl (C=O) groups is 1. The minimum absolute atomic E-state index is 0.119. The molecule has 1 aliphatic heterocycles. The van der Waals surface area contributed by atoms with E-state index in [0.29, 0.717) is 13.0 Å². The second kappa shape index (κ2) is 13.6. The largest absolute Gasteiger partial charge is 0.496 e. The van der Waals surface area contributed by atoms with Crippen LogP contribution in [0.1, 0.15) is 64.0 Å². The summed E-state index contributed by atoms with van der Waals surface area (Å²) in [6, 6.07) is 8.43. The highest BCUT2D eigenvalue weighted by Crippen LogP contribution is 2.28. The topological polar surface area (TPSA) is 102 Å². The highest BCUT2D eigenvalue weighted by atomic mass is 32.1. The molecule has 3 N–H and O–H groups in total. The monoisotopic (exact) mass is 567 g/mol. The fourth-order valence-corrected chi connectivity index (χ4v) is 5.26. The second-order valence-corrected chi connectivity index (χ2v) is 12.6. The van der Waals surface area contributed by atoms with Crippen molar-refractivity contribution < 1.29 is 9.53 Å². The fourth-order valence-electron chi connectivity index (χ4n) is 5.15. The molecule has 0 saturated carbocycles. The molecule has 0 spiro atoms. The summed E-state index contributed by atoms with van der Waals surface area (Å²) in [5.41, 5.74) is 10.0. The van der Waals surface area contributed by atoms with E-state index in [1.807, 2.05) is 17.2 Å². The van der Waals surface area contributed by atoms with E-state index < -0.39 is 0 Å². The maximum atomic E-state index is 12.6. The van der Waals surface area contributed by atoms with Gasteiger partial charge in [0.15, 0.2) is 5.82 Å². The molecule has 1 fully saturated rings. The molecule has 40 heavy (non-hydrogen) atoms. The van der Waals surface area contributed by atoms with Crippen molar-refractivity contribution in [2.75, 3.05) is 50.9 Å². The number of methoxy groups -OCH3 is 1. The van der Waals surface area contributed by atoms with Gasteiger partial charge in [-0.15, -0.1) is 0 Å². The molecule has 3 aromatic rings. The molecule has 0 aliphatic carbocycles. The number of thiol groups is 1. The Balaban J connectivity index is 1.40. The van der Waals surface area contributed by atoms with Crippen molar-refractivity contribution >= 4 is 41.3 Å². The van der Waals surface area contributed by atoms with Gasteiger partial charge < -0.3 is 25.3 Å². The van der Waals surface area contributed by atoms with Crippen molar-refractivity contribution in [2.24, 2.45) is 0 Å². The van der Waals surface area contributed by atoms with Crippen LogP contribution in [0.4, 0.5) is 11.8 Å². The van der Waals surface area contributed by atoms with E-state index in [1.165, 1.54) is 18.4 Å². The summed E-state index contributed by atoms with van der Waals surface area (Å²) >= 11 is 4.55. The first-order valence-electron chi connectivity index (χ1n) is 14.4. The molecule has 9 nitrogen and oxygen atoms in total. The first kappa shape index (κ1) is 30.0. The minimum atomic E-state index is -0.119. The lowest BCUT2D eigenvalue weighted by Crippen LogP contribution is -2.48. The number of unbranched alkanes of at least 4 members (excludes halogenated alkanes) is 2. The Labute approximate surface area is 243 Å². The van der Waals surface area contributed by atoms with Crippen LogP contribution in [0.2, 0.25) is 0 Å². The van der Waals surface area contributed by atoms with Crippen LogP contribution in [0.5, 0.6) is 5.75 Å². The number of hydrogen-bond donors (Lipinski definition) is 3. The minimum Gasteiger partial charge on any atom is -0.496 e. The molecule has 3 heterocycles. The Morgan fingerprint density at radius 1 is 1.12 bits per heavy atom. The number of fused-ring (bicyclic) bond motifs is 1. The molecule has 1 aliphatic rings. The zero-order valence-corrected chi connectivity index (χ0v) is 25.3. The van der Waals surface area contributed by atoms with Crippen LogP contribution < -0.4 is 15.8 Å². The number of hydrogen-bond acceptors (Lipinski definition) is 8. The number of rotatable bonds is 13. The number of anilines is 2. The highest BCUT2D eigenvalue weighted by Gasteiger charge is 2.23. The molecule has 0 radical (unpaired) electrons. The van der Waals surface area contributed by atoms with Gasteiger partial charge in [0.05, 0.1) is 19.2 Å². The quantitative estimate of drug-likeness (QED) is 0.201. The number of piperazine rings is 1. The Morgan fingerprint density at radius 3 is 2.60 bits per heavy atom. The van der Waals surface area contributed by atoms with E-state index in [1.54, 1.807) is 7.11 Å². The van der Waals surface area contributed by atoms with E-state index in [4.69, 9.17) is 10.5 Å². The van der Waals surface area contributed by atoms with Gasteiger partial charge in [0.1, 0.15) is 11.3 Å². The summed E-state index contributed by atoms with van der Waals surface area (Å²) in [4.78, 5) is 25.9. The lowest BCUT2D eigenvalue weighted by atomic mass is 10.1. The van der Waals surface area contributed by atoms with Crippen LogP contribution >= 0.6 is 12.6 Å². The summed E-state index contributed by atoms with van der Waals surface area (Å²) in [5, 5.41) is 3.47. The molecule has 2 aromatic heterocycles. The Hall–Kier alpha value is -2.98. The van der Waals surface area contributed by atoms with E-state index in [2.05, 4.69) is 76.4 Å². The molecular formula is C30H45N7O2S. The third-order valence-corrected chi connectivity index (χ3v) is 7.70. The van der Waals surface area contributed by atoms with Gasteiger partial charge in [-0.2, -0.15) is 17.6 Å². The number of carbonyl (C=O) groups excluding carboxylic acids is 1. The van der Waals surface area contributed by atoms with Crippen LogP contribution in [-0.4, -0.2) is 74.8 Å². The Morgan fingerprint density at radius 2 is 1.90 bits per heavy atom. The van der Waals surface area contributed by atoms with Crippen molar-refractivity contribution in [3.63, 3.8) is 0 Å². The van der Waals surface area contributed by atoms with Crippen molar-refractivity contribution in [3.05, 3.63) is 41.6 Å². The van der Waals surface area contributed by atoms with Gasteiger partial charge >= 0.3 is 0 Å². The maximum absolute atomic E-state index is 12.6. The Kier molecular flexibility index (Phi) is 10.2. The standard InChI is InChI=1S/C30H45N7O2S/c1-5-6-7-13-32-28-27-24(33-29(31)34-28)11-14-37(27)21-23-9-8-22(19-25(23)39-4)20-35-15-17-36(18-16-35)26(38)10-12-30(2,3)40/h8-9,11,14,19,40H,5-7,10,12-13,15-18,20-21H2,1-4H3,(H3,31,32,33,34). The Bertz CT molecular complexity index is 1280. The number of aromatic nitrogens is 3. The van der Waals surface area contributed by atoms with Crippen LogP contribution in [0, 0.1) is 0 Å². The van der Waals surface area contributed by atoms with Gasteiger partial charge in [0.25, 0.3) is 0 Å². The molecule has 0 bridgehead atoms. The summed E-state index contributed by atoms with van der Waals surface area (Å²) in [5.74, 6) is 2.14. The molecule has 1 amide bonds. The van der Waals surface area contributed by atoms with Gasteiger partial charge in [-0.1, -0.05) is 45.7 Å². The summed E-state index contributed by atoms with van der Waals surface area (Å²) in [7, 11) is 1.72. The summed E-state index contributed by atoms with van der Waals surface area (Å²) in [6.45, 7) is 11.9. The number of nitrogen functional groups attached to an aromatic ring is 1. The van der Waals surface area contributed by atoms with Gasteiger partial charge in [0, 0.05) is 62.2 Å². The van der Waals surface area contributed by atoms with Crippen LogP contribution in [-0.2, 0) is 17.9 Å². The first-order valence-corrected chi connectivity index (χ1v) is 14.9. The zero-order chi connectivity index (χ0) is 28.7. The van der Waals surface area contributed by atoms with Crippen molar-refractivity contribution in [2.45, 2.75) is 70.7 Å². The third-order valence-electron chi connectivity index (χ3n) is 7.47. The zero-order valence-electron chi connectivity index (χ0n) is 24.4. The van der Waals surface area contributed by atoms with Crippen molar-refractivity contribution in [1.82, 2.24) is 24.3 Å². The van der Waals surface area contributed by atoms with Crippen molar-refractivity contribution in [1.29, 1.82) is 0 Å². The predicted octanol–water partition coefficient (Wildman–Crippen LogP) is 4.81. The van der Waals surface area contributed by atoms with Gasteiger partial charge in [-0.3, -0.25) is 9.69 Å². The maximum Gasteiger partial charge on any atom is 0.222 e. The average molecular weight is 568 g/mol. The lowest BCUT2D eigenvalue weighted by Gasteiger charge is -2.35. The smallest absolute Gasteiger partial charge is 0.222 e. The number of nitrogens with one attached hydrogen (secondary N) is 1. The molecule has 1 saturated heterocycles. The molecule has 1 aromatic carbocycles. The van der Waals surface area contributed by atoms with Gasteiger partial charge in [-0.25, -0.2) is 4.98 Å². The summed E-state index contributed by atoms with van der Waals surface area (Å²) in [6.07, 6.45) is 6.79. The van der Waals surface area contributed by atoms with Gasteiger partial charge in [-0.05, 0) is 30.5 Å². The molecule has 4 rings (SSSR count). The molecule has 218 valence electrons. The first-order chi connectivity index (χ1) is 19.2. The molecule has 0 atom stereocenters. The van der Waals surface area contributed by atoms with Gasteiger partial charge in [0.2, 0.25) is 11.9 Å². The van der Waals surface area contributed by atoms with E-state index in [-0.39, 0.29) is 16.6 Å². The fraction of sp³-hybridized carbons (Fsp3) is 0.567. The number of nitrogens with two attached hydrogens (primary N) is 1. The second-order valence-electron chi connectivity index (χ2n) is 11.4. The highest BCUT2D eigenvalue weighted by molar-refractivity contribution is 7.81. The normalized spacial score (nSPS) is 14.6. The van der Waals surface area contributed by atoms with Crippen LogP contribution in [0.25, 0.3) is 11.0 Å². The molecular weight excluding hydrogens is 522 g/mol.